The topological polar surface area (TPSA) is 68.6 Å². The standard InChI is InChI=1S/C25H25FN2O4S/c1-16-13-21(17(2)28(16)20-6-3-5-19(26)14-20)22(29)15-32-25(31)18-8-10-27(11-9-18)24(30)23-7-4-12-33-23/h3-7,12-14,18H,8-11,15H2,1-2H3. The van der Waals surface area contributed by atoms with Crippen LogP contribution in [-0.2, 0) is 9.53 Å². The van der Waals surface area contributed by atoms with Gasteiger partial charge in [0.15, 0.2) is 6.61 Å². The third-order valence-electron chi connectivity index (χ3n) is 5.99. The average Bonchev–Trinajstić information content (AvgIpc) is 3.45. The highest BCUT2D eigenvalue weighted by Crippen LogP contribution is 2.24. The number of piperidine rings is 1. The number of ether oxygens (including phenoxy) is 1. The molecule has 0 bridgehead atoms. The predicted molar refractivity (Wildman–Crippen MR) is 123 cm³/mol. The monoisotopic (exact) mass is 468 g/mol. The van der Waals surface area contributed by atoms with E-state index in [2.05, 4.69) is 0 Å². The van der Waals surface area contributed by atoms with Gasteiger partial charge >= 0.3 is 5.97 Å². The zero-order chi connectivity index (χ0) is 23.5. The van der Waals surface area contributed by atoms with E-state index in [4.69, 9.17) is 4.74 Å². The Bertz CT molecular complexity index is 1180. The Kier molecular flexibility index (Phi) is 6.74. The van der Waals surface area contributed by atoms with Crippen LogP contribution >= 0.6 is 11.3 Å². The molecule has 1 aromatic carbocycles. The Labute approximate surface area is 195 Å². The lowest BCUT2D eigenvalue weighted by Crippen LogP contribution is -2.40. The van der Waals surface area contributed by atoms with Gasteiger partial charge in [0.1, 0.15) is 5.82 Å². The van der Waals surface area contributed by atoms with Crippen molar-refractivity contribution in [3.05, 3.63) is 75.5 Å². The lowest BCUT2D eigenvalue weighted by molar-refractivity contribution is -0.148. The van der Waals surface area contributed by atoms with E-state index in [1.807, 2.05) is 18.4 Å². The first-order chi connectivity index (χ1) is 15.8. The predicted octanol–water partition coefficient (Wildman–Crippen LogP) is 4.57. The Morgan fingerprint density at radius 3 is 2.52 bits per heavy atom. The van der Waals surface area contributed by atoms with E-state index in [9.17, 15) is 18.8 Å². The fraction of sp³-hybridized carbons (Fsp3) is 0.320. The van der Waals surface area contributed by atoms with Gasteiger partial charge in [0.25, 0.3) is 5.91 Å². The van der Waals surface area contributed by atoms with Crippen LogP contribution in [-0.4, -0.2) is 46.8 Å². The summed E-state index contributed by atoms with van der Waals surface area (Å²) in [4.78, 5) is 40.2. The maximum absolute atomic E-state index is 13.6. The molecule has 1 aliphatic heterocycles. The Morgan fingerprint density at radius 1 is 1.09 bits per heavy atom. The van der Waals surface area contributed by atoms with Crippen molar-refractivity contribution in [2.75, 3.05) is 19.7 Å². The van der Waals surface area contributed by atoms with Gasteiger partial charge in [-0.1, -0.05) is 12.1 Å². The number of rotatable bonds is 6. The summed E-state index contributed by atoms with van der Waals surface area (Å²) in [6.07, 6.45) is 1.02. The molecule has 172 valence electrons. The number of benzene rings is 1. The lowest BCUT2D eigenvalue weighted by Gasteiger charge is -2.30. The third-order valence-corrected chi connectivity index (χ3v) is 6.85. The van der Waals surface area contributed by atoms with E-state index >= 15 is 0 Å². The largest absolute Gasteiger partial charge is 0.457 e. The summed E-state index contributed by atoms with van der Waals surface area (Å²) >= 11 is 1.40. The van der Waals surface area contributed by atoms with Crippen LogP contribution in [0, 0.1) is 25.6 Å². The minimum absolute atomic E-state index is 0.0133. The van der Waals surface area contributed by atoms with E-state index in [1.54, 1.807) is 40.7 Å². The number of amides is 1. The quantitative estimate of drug-likeness (QED) is 0.393. The number of esters is 1. The van der Waals surface area contributed by atoms with Crippen molar-refractivity contribution in [2.24, 2.45) is 5.92 Å². The normalized spacial score (nSPS) is 14.3. The van der Waals surface area contributed by atoms with Gasteiger partial charge in [-0.2, -0.15) is 0 Å². The van der Waals surface area contributed by atoms with Crippen molar-refractivity contribution in [3.8, 4) is 5.69 Å². The Hall–Kier alpha value is -3.26. The first-order valence-corrected chi connectivity index (χ1v) is 11.7. The van der Waals surface area contributed by atoms with Crippen LogP contribution in [0.2, 0.25) is 0 Å². The van der Waals surface area contributed by atoms with Crippen molar-refractivity contribution in [2.45, 2.75) is 26.7 Å². The summed E-state index contributed by atoms with van der Waals surface area (Å²) < 4.78 is 20.8. The van der Waals surface area contributed by atoms with E-state index in [0.717, 1.165) is 5.69 Å². The summed E-state index contributed by atoms with van der Waals surface area (Å²) in [7, 11) is 0. The number of Topliss-reactive ketones (excluding diaryl/α,β-unsaturated/α-hetero) is 1. The fourth-order valence-electron chi connectivity index (χ4n) is 4.26. The molecule has 1 fully saturated rings. The van der Waals surface area contributed by atoms with Gasteiger partial charge in [-0.15, -0.1) is 11.3 Å². The lowest BCUT2D eigenvalue weighted by atomic mass is 9.97. The molecule has 3 heterocycles. The molecule has 0 unspecified atom stereocenters. The molecule has 6 nitrogen and oxygen atoms in total. The second kappa shape index (κ2) is 9.70. The molecule has 1 aliphatic rings. The highest BCUT2D eigenvalue weighted by atomic mass is 32.1. The first-order valence-electron chi connectivity index (χ1n) is 10.8. The van der Waals surface area contributed by atoms with E-state index in [0.29, 0.717) is 47.8 Å². The van der Waals surface area contributed by atoms with Crippen molar-refractivity contribution in [3.63, 3.8) is 0 Å². The van der Waals surface area contributed by atoms with Gasteiger partial charge in [-0.25, -0.2) is 4.39 Å². The molecule has 0 atom stereocenters. The molecule has 33 heavy (non-hydrogen) atoms. The number of ketones is 1. The van der Waals surface area contributed by atoms with E-state index < -0.39 is 5.97 Å². The summed E-state index contributed by atoms with van der Waals surface area (Å²) in [6, 6.07) is 11.5. The molecule has 0 N–H and O–H groups in total. The number of aryl methyl sites for hydroxylation is 1. The molecule has 0 spiro atoms. The molecule has 3 aromatic rings. The fourth-order valence-corrected chi connectivity index (χ4v) is 4.96. The van der Waals surface area contributed by atoms with Gasteiger partial charge in [-0.3, -0.25) is 14.4 Å². The Morgan fingerprint density at radius 2 is 1.85 bits per heavy atom. The molecular weight excluding hydrogens is 443 g/mol. The number of hydrogen-bond donors (Lipinski definition) is 0. The highest BCUT2D eigenvalue weighted by Gasteiger charge is 2.30. The highest BCUT2D eigenvalue weighted by molar-refractivity contribution is 7.12. The van der Waals surface area contributed by atoms with Gasteiger partial charge < -0.3 is 14.2 Å². The number of aromatic nitrogens is 1. The Balaban J connectivity index is 1.33. The number of halogens is 1. The van der Waals surface area contributed by atoms with Crippen LogP contribution in [0.15, 0.2) is 47.8 Å². The van der Waals surface area contributed by atoms with Crippen LogP contribution in [0.3, 0.4) is 0 Å². The maximum atomic E-state index is 13.6. The molecule has 4 rings (SSSR count). The zero-order valence-electron chi connectivity index (χ0n) is 18.5. The van der Waals surface area contributed by atoms with Crippen molar-refractivity contribution >= 4 is 29.0 Å². The van der Waals surface area contributed by atoms with Crippen LogP contribution in [0.1, 0.15) is 44.3 Å². The SMILES string of the molecule is Cc1cc(C(=O)COC(=O)C2CCN(C(=O)c3cccs3)CC2)c(C)n1-c1cccc(F)c1. The van der Waals surface area contributed by atoms with E-state index in [-0.39, 0.29) is 30.0 Å². The molecule has 2 aromatic heterocycles. The second-order valence-electron chi connectivity index (χ2n) is 8.17. The minimum Gasteiger partial charge on any atom is -0.457 e. The number of likely N-dealkylation sites (tertiary alicyclic amines) is 1. The molecular formula is C25H25FN2O4S. The van der Waals surface area contributed by atoms with Crippen molar-refractivity contribution in [1.82, 2.24) is 9.47 Å². The minimum atomic E-state index is -0.412. The van der Waals surface area contributed by atoms with Gasteiger partial charge in [0.05, 0.1) is 10.8 Å². The van der Waals surface area contributed by atoms with Crippen LogP contribution < -0.4 is 0 Å². The molecule has 1 saturated heterocycles. The molecule has 8 heteroatoms. The number of carbonyl (C=O) groups excluding carboxylic acids is 3. The molecule has 0 saturated carbocycles. The molecule has 0 aliphatic carbocycles. The zero-order valence-corrected chi connectivity index (χ0v) is 19.4. The number of carbonyl (C=O) groups is 3. The summed E-state index contributed by atoms with van der Waals surface area (Å²) in [5.41, 5.74) is 2.53. The van der Waals surface area contributed by atoms with Gasteiger partial charge in [0, 0.05) is 35.7 Å². The number of thiophene rings is 1. The summed E-state index contributed by atoms with van der Waals surface area (Å²) in [5.74, 6) is -1.41. The second-order valence-corrected chi connectivity index (χ2v) is 9.12. The smallest absolute Gasteiger partial charge is 0.309 e. The maximum Gasteiger partial charge on any atom is 0.309 e. The first kappa shape index (κ1) is 22.9. The average molecular weight is 469 g/mol. The van der Waals surface area contributed by atoms with E-state index in [1.165, 1.54) is 23.5 Å². The van der Waals surface area contributed by atoms with Crippen LogP contribution in [0.25, 0.3) is 5.69 Å². The van der Waals surface area contributed by atoms with Gasteiger partial charge in [-0.05, 0) is 62.4 Å². The molecule has 1 amide bonds. The summed E-state index contributed by atoms with van der Waals surface area (Å²) in [5, 5.41) is 1.86. The summed E-state index contributed by atoms with van der Waals surface area (Å²) in [6.45, 7) is 4.25. The number of hydrogen-bond acceptors (Lipinski definition) is 5. The van der Waals surface area contributed by atoms with Crippen LogP contribution in [0.5, 0.6) is 0 Å². The van der Waals surface area contributed by atoms with Gasteiger partial charge in [0.2, 0.25) is 5.78 Å². The third kappa shape index (κ3) is 4.90. The molecule has 0 radical (unpaired) electrons. The van der Waals surface area contributed by atoms with Crippen LogP contribution in [0.4, 0.5) is 4.39 Å². The van der Waals surface area contributed by atoms with Crippen molar-refractivity contribution in [1.29, 1.82) is 0 Å². The number of nitrogens with zero attached hydrogens (tertiary/aromatic N) is 2. The van der Waals surface area contributed by atoms with Crippen molar-refractivity contribution < 1.29 is 23.5 Å².